The van der Waals surface area contributed by atoms with Crippen LogP contribution in [-0.2, 0) is 14.8 Å². The molecule has 0 radical (unpaired) electrons. The van der Waals surface area contributed by atoms with Crippen LogP contribution < -0.4 is 10.5 Å². The van der Waals surface area contributed by atoms with Gasteiger partial charge in [-0.3, -0.25) is 9.52 Å². The minimum Gasteiger partial charge on any atom is -0.327 e. The fraction of sp³-hybridized carbons (Fsp3) is 0.900. The van der Waals surface area contributed by atoms with Gasteiger partial charge in [0.25, 0.3) is 0 Å². The van der Waals surface area contributed by atoms with E-state index in [2.05, 4.69) is 4.72 Å². The molecule has 0 aromatic carbocycles. The monoisotopic (exact) mass is 248 g/mol. The van der Waals surface area contributed by atoms with E-state index in [0.717, 1.165) is 12.8 Å². The lowest BCUT2D eigenvalue weighted by molar-refractivity contribution is -0.128. The lowest BCUT2D eigenvalue weighted by Crippen LogP contribution is -2.50. The summed E-state index contributed by atoms with van der Waals surface area (Å²) < 4.78 is 25.3. The summed E-state index contributed by atoms with van der Waals surface area (Å²) in [6.45, 7) is 4.80. The van der Waals surface area contributed by atoms with E-state index in [1.807, 2.05) is 0 Å². The summed E-state index contributed by atoms with van der Waals surface area (Å²) in [6.07, 6.45) is 2.28. The molecule has 0 heterocycles. The molecule has 0 spiro atoms. The third kappa shape index (κ3) is 2.38. The molecule has 5 nitrogen and oxygen atoms in total. The molecular formula is C10H20N2O3S. The van der Waals surface area contributed by atoms with Gasteiger partial charge in [-0.25, -0.2) is 8.42 Å². The Hall–Kier alpha value is -0.620. The van der Waals surface area contributed by atoms with Gasteiger partial charge in [0.05, 0.1) is 10.7 Å². The van der Waals surface area contributed by atoms with Gasteiger partial charge < -0.3 is 5.73 Å². The summed E-state index contributed by atoms with van der Waals surface area (Å²) in [7, 11) is -3.55. The molecule has 6 heteroatoms. The van der Waals surface area contributed by atoms with Gasteiger partial charge in [-0.05, 0) is 33.6 Å². The van der Waals surface area contributed by atoms with E-state index in [9.17, 15) is 13.2 Å². The second-order valence-corrected chi connectivity index (χ2v) is 7.18. The Bertz CT molecular complexity index is 378. The van der Waals surface area contributed by atoms with Crippen LogP contribution in [0.2, 0.25) is 0 Å². The predicted molar refractivity (Wildman–Crippen MR) is 62.1 cm³/mol. The van der Waals surface area contributed by atoms with Crippen LogP contribution in [0.3, 0.4) is 0 Å². The van der Waals surface area contributed by atoms with Crippen LogP contribution in [0.15, 0.2) is 0 Å². The van der Waals surface area contributed by atoms with Crippen molar-refractivity contribution in [3.05, 3.63) is 0 Å². The molecule has 1 aliphatic rings. The highest BCUT2D eigenvalue weighted by atomic mass is 32.2. The van der Waals surface area contributed by atoms with Gasteiger partial charge in [0, 0.05) is 6.04 Å². The van der Waals surface area contributed by atoms with Gasteiger partial charge in [0.2, 0.25) is 15.9 Å². The molecular weight excluding hydrogens is 228 g/mol. The second-order valence-electron chi connectivity index (χ2n) is 4.94. The zero-order valence-electron chi connectivity index (χ0n) is 9.99. The van der Waals surface area contributed by atoms with E-state index >= 15 is 0 Å². The Morgan fingerprint density at radius 2 is 2.06 bits per heavy atom. The minimum atomic E-state index is -3.55. The molecule has 1 aliphatic carbocycles. The van der Waals surface area contributed by atoms with Gasteiger partial charge in [0.15, 0.2) is 0 Å². The lowest BCUT2D eigenvalue weighted by atomic mass is 9.85. The van der Waals surface area contributed by atoms with Crippen molar-refractivity contribution in [3.63, 3.8) is 0 Å². The second kappa shape index (κ2) is 4.33. The van der Waals surface area contributed by atoms with Crippen LogP contribution in [0, 0.1) is 5.41 Å². The third-order valence-electron chi connectivity index (χ3n) is 3.40. The molecule has 94 valence electrons. The summed E-state index contributed by atoms with van der Waals surface area (Å²) in [6, 6.07) is -0.255. The minimum absolute atomic E-state index is 0.255. The maximum absolute atomic E-state index is 11.9. The first-order valence-electron chi connectivity index (χ1n) is 5.52. The van der Waals surface area contributed by atoms with Crippen molar-refractivity contribution < 1.29 is 13.2 Å². The number of nitrogens with two attached hydrogens (primary N) is 1. The molecule has 1 fully saturated rings. The normalized spacial score (nSPS) is 30.7. The fourth-order valence-corrected chi connectivity index (χ4v) is 2.57. The maximum Gasteiger partial charge on any atom is 0.240 e. The van der Waals surface area contributed by atoms with Gasteiger partial charge in [-0.1, -0.05) is 6.42 Å². The van der Waals surface area contributed by atoms with E-state index in [-0.39, 0.29) is 6.04 Å². The van der Waals surface area contributed by atoms with Crippen molar-refractivity contribution in [2.45, 2.75) is 51.3 Å². The van der Waals surface area contributed by atoms with Crippen LogP contribution in [0.4, 0.5) is 0 Å². The van der Waals surface area contributed by atoms with E-state index in [4.69, 9.17) is 5.73 Å². The van der Waals surface area contributed by atoms with Crippen molar-refractivity contribution in [2.75, 3.05) is 0 Å². The summed E-state index contributed by atoms with van der Waals surface area (Å²) in [4.78, 5) is 11.9. The average molecular weight is 248 g/mol. The zero-order chi connectivity index (χ0) is 12.6. The zero-order valence-corrected chi connectivity index (χ0v) is 10.8. The maximum atomic E-state index is 11.9. The molecule has 2 unspecified atom stereocenters. The van der Waals surface area contributed by atoms with Gasteiger partial charge >= 0.3 is 0 Å². The van der Waals surface area contributed by atoms with E-state index < -0.39 is 26.6 Å². The summed E-state index contributed by atoms with van der Waals surface area (Å²) in [5.41, 5.74) is 5.11. The number of hydrogen-bond acceptors (Lipinski definition) is 4. The highest BCUT2D eigenvalue weighted by Gasteiger charge is 2.44. The highest BCUT2D eigenvalue weighted by molar-refractivity contribution is 7.90. The summed E-state index contributed by atoms with van der Waals surface area (Å²) in [5.74, 6) is -0.466. The molecule has 16 heavy (non-hydrogen) atoms. The van der Waals surface area contributed by atoms with Crippen LogP contribution in [0.25, 0.3) is 0 Å². The van der Waals surface area contributed by atoms with E-state index in [0.29, 0.717) is 6.42 Å². The summed E-state index contributed by atoms with van der Waals surface area (Å²) in [5, 5.41) is -0.613. The summed E-state index contributed by atoms with van der Waals surface area (Å²) >= 11 is 0. The Labute approximate surface area is 96.8 Å². The van der Waals surface area contributed by atoms with Crippen LogP contribution >= 0.6 is 0 Å². The predicted octanol–water partition coefficient (Wildman–Crippen LogP) is 0.358. The molecule has 1 saturated carbocycles. The lowest BCUT2D eigenvalue weighted by Gasteiger charge is -2.27. The van der Waals surface area contributed by atoms with Gasteiger partial charge in [-0.15, -0.1) is 0 Å². The number of carbonyl (C=O) groups excluding carboxylic acids is 1. The highest BCUT2D eigenvalue weighted by Crippen LogP contribution is 2.36. The van der Waals surface area contributed by atoms with Crippen LogP contribution in [0.5, 0.6) is 0 Å². The first kappa shape index (κ1) is 13.4. The number of amides is 1. The first-order valence-corrected chi connectivity index (χ1v) is 7.06. The van der Waals surface area contributed by atoms with E-state index in [1.165, 1.54) is 13.8 Å². The largest absolute Gasteiger partial charge is 0.327 e. The van der Waals surface area contributed by atoms with Crippen molar-refractivity contribution in [2.24, 2.45) is 11.1 Å². The van der Waals surface area contributed by atoms with Crippen molar-refractivity contribution in [1.82, 2.24) is 4.72 Å². The van der Waals surface area contributed by atoms with Crippen LogP contribution in [-0.4, -0.2) is 25.6 Å². The topological polar surface area (TPSA) is 89.3 Å². The van der Waals surface area contributed by atoms with Crippen molar-refractivity contribution in [1.29, 1.82) is 0 Å². The number of rotatable bonds is 3. The molecule has 3 N–H and O–H groups in total. The molecule has 0 aromatic heterocycles. The smallest absolute Gasteiger partial charge is 0.240 e. The van der Waals surface area contributed by atoms with Gasteiger partial charge in [0.1, 0.15) is 0 Å². The van der Waals surface area contributed by atoms with Crippen molar-refractivity contribution >= 4 is 15.9 Å². The first-order chi connectivity index (χ1) is 7.20. The van der Waals surface area contributed by atoms with Gasteiger partial charge in [-0.2, -0.15) is 0 Å². The molecule has 0 aromatic rings. The third-order valence-corrected chi connectivity index (χ3v) is 5.12. The fourth-order valence-electron chi connectivity index (χ4n) is 1.84. The molecule has 2 atom stereocenters. The number of carbonyl (C=O) groups is 1. The number of hydrogen-bond donors (Lipinski definition) is 2. The molecule has 0 bridgehead atoms. The quantitative estimate of drug-likeness (QED) is 0.754. The molecule has 0 aliphatic heterocycles. The average Bonchev–Trinajstić information content (AvgIpc) is 2.47. The number of nitrogens with one attached hydrogen (secondary N) is 1. The molecule has 0 saturated heterocycles. The van der Waals surface area contributed by atoms with E-state index in [1.54, 1.807) is 6.92 Å². The number of sulfonamides is 1. The Morgan fingerprint density at radius 3 is 2.44 bits per heavy atom. The SMILES string of the molecule is CC(C)S(=O)(=O)NC(=O)C1(C)CCCC1N. The molecule has 1 amide bonds. The Morgan fingerprint density at radius 1 is 1.50 bits per heavy atom. The van der Waals surface area contributed by atoms with Crippen molar-refractivity contribution in [3.8, 4) is 0 Å². The molecule has 1 rings (SSSR count). The Balaban J connectivity index is 2.81. The standard InChI is InChI=1S/C10H20N2O3S/c1-7(2)16(14,15)12-9(13)10(3)6-4-5-8(10)11/h7-8H,4-6,11H2,1-3H3,(H,12,13). The Kier molecular flexibility index (Phi) is 3.64. The van der Waals surface area contributed by atoms with Crippen LogP contribution in [0.1, 0.15) is 40.0 Å².